The molecule has 1 atom stereocenters. The van der Waals surface area contributed by atoms with E-state index in [1.165, 1.54) is 0 Å². The molecule has 4 aromatic rings. The number of aryl methyl sites for hydroxylation is 1. The van der Waals surface area contributed by atoms with Gasteiger partial charge < -0.3 is 4.90 Å². The second-order valence-corrected chi connectivity index (χ2v) is 8.44. The molecule has 0 fully saturated rings. The molecule has 0 spiro atoms. The summed E-state index contributed by atoms with van der Waals surface area (Å²) in [4.78, 5) is 18.0. The molecule has 158 valence electrons. The maximum absolute atomic E-state index is 13.9. The summed E-state index contributed by atoms with van der Waals surface area (Å²) in [5.74, 6) is -0.0290. The molecule has 0 radical (unpaired) electrons. The minimum Gasteiger partial charge on any atom is -0.342 e. The van der Waals surface area contributed by atoms with Crippen LogP contribution in [0.4, 0.5) is 11.4 Å². The molecule has 1 heterocycles. The Morgan fingerprint density at radius 1 is 0.781 bits per heavy atom. The van der Waals surface area contributed by atoms with Gasteiger partial charge in [-0.2, -0.15) is 0 Å². The fraction of sp³-hybridized carbons (Fsp3) is 0.107. The van der Waals surface area contributed by atoms with Crippen LogP contribution in [0, 0.1) is 6.92 Å². The van der Waals surface area contributed by atoms with Crippen LogP contribution >= 0.6 is 11.6 Å². The van der Waals surface area contributed by atoms with Gasteiger partial charge >= 0.3 is 0 Å². The number of benzene rings is 4. The normalized spacial score (nSPS) is 15.6. The molecule has 3 nitrogen and oxygen atoms in total. The van der Waals surface area contributed by atoms with Gasteiger partial charge in [-0.25, -0.2) is 0 Å². The van der Waals surface area contributed by atoms with E-state index in [9.17, 15) is 4.79 Å². The number of para-hydroxylation sites is 1. The molecular formula is C28H23ClN2O. The first-order valence-electron chi connectivity index (χ1n) is 10.7. The Bertz CT molecular complexity index is 1250. The number of halogens is 1. The quantitative estimate of drug-likeness (QED) is 0.342. The zero-order valence-electron chi connectivity index (χ0n) is 17.8. The SMILES string of the molecule is Cc1ccc(N2C(=O)c3ccccc3N(Cc3ccccc3)[C@H]2c2ccccc2Cl)cc1. The van der Waals surface area contributed by atoms with E-state index in [2.05, 4.69) is 17.0 Å². The molecular weight excluding hydrogens is 416 g/mol. The Hall–Kier alpha value is -3.56. The van der Waals surface area contributed by atoms with E-state index in [-0.39, 0.29) is 12.1 Å². The zero-order valence-corrected chi connectivity index (χ0v) is 18.5. The first-order valence-corrected chi connectivity index (χ1v) is 11.1. The summed E-state index contributed by atoms with van der Waals surface area (Å²) in [5.41, 5.74) is 5.65. The lowest BCUT2D eigenvalue weighted by molar-refractivity contribution is 0.0968. The van der Waals surface area contributed by atoms with Gasteiger partial charge in [-0.05, 0) is 42.8 Å². The Kier molecular flexibility index (Phi) is 5.42. The third-order valence-electron chi connectivity index (χ3n) is 5.89. The van der Waals surface area contributed by atoms with Gasteiger partial charge in [0.15, 0.2) is 0 Å². The Labute approximate surface area is 193 Å². The van der Waals surface area contributed by atoms with Crippen molar-refractivity contribution in [2.75, 3.05) is 9.80 Å². The van der Waals surface area contributed by atoms with Gasteiger partial charge in [0.05, 0.1) is 11.3 Å². The number of hydrogen-bond donors (Lipinski definition) is 0. The van der Waals surface area contributed by atoms with Gasteiger partial charge in [-0.15, -0.1) is 0 Å². The molecule has 0 N–H and O–H groups in total. The highest BCUT2D eigenvalue weighted by Crippen LogP contribution is 2.43. The number of fused-ring (bicyclic) bond motifs is 1. The molecule has 4 heteroatoms. The lowest BCUT2D eigenvalue weighted by Gasteiger charge is -2.46. The lowest BCUT2D eigenvalue weighted by atomic mass is 9.99. The molecule has 4 aromatic carbocycles. The van der Waals surface area contributed by atoms with Crippen molar-refractivity contribution in [1.82, 2.24) is 0 Å². The highest BCUT2D eigenvalue weighted by molar-refractivity contribution is 6.31. The number of carbonyl (C=O) groups is 1. The highest BCUT2D eigenvalue weighted by Gasteiger charge is 2.40. The van der Waals surface area contributed by atoms with Crippen LogP contribution in [0.2, 0.25) is 5.02 Å². The Balaban J connectivity index is 1.74. The van der Waals surface area contributed by atoms with Crippen molar-refractivity contribution in [3.05, 3.63) is 130 Å². The van der Waals surface area contributed by atoms with Crippen LogP contribution in [0.3, 0.4) is 0 Å². The monoisotopic (exact) mass is 438 g/mol. The van der Waals surface area contributed by atoms with Crippen molar-refractivity contribution in [2.24, 2.45) is 0 Å². The van der Waals surface area contributed by atoms with E-state index in [1.54, 1.807) is 0 Å². The molecule has 1 aliphatic rings. The number of hydrogen-bond acceptors (Lipinski definition) is 2. The molecule has 1 amide bonds. The van der Waals surface area contributed by atoms with Gasteiger partial charge in [0.2, 0.25) is 0 Å². The van der Waals surface area contributed by atoms with Crippen molar-refractivity contribution in [1.29, 1.82) is 0 Å². The van der Waals surface area contributed by atoms with Gasteiger partial charge in [-0.3, -0.25) is 9.69 Å². The molecule has 1 aliphatic heterocycles. The minimum atomic E-state index is -0.381. The number of amides is 1. The van der Waals surface area contributed by atoms with E-state index in [4.69, 9.17) is 11.6 Å². The van der Waals surface area contributed by atoms with Crippen LogP contribution in [-0.2, 0) is 6.54 Å². The van der Waals surface area contributed by atoms with Crippen molar-refractivity contribution in [3.8, 4) is 0 Å². The van der Waals surface area contributed by atoms with Gasteiger partial charge in [0.1, 0.15) is 6.17 Å². The molecule has 0 aromatic heterocycles. The van der Waals surface area contributed by atoms with Gasteiger partial charge in [0, 0.05) is 22.8 Å². The third-order valence-corrected chi connectivity index (χ3v) is 6.24. The van der Waals surface area contributed by atoms with Crippen LogP contribution in [0.15, 0.2) is 103 Å². The topological polar surface area (TPSA) is 23.6 Å². The van der Waals surface area contributed by atoms with E-state index < -0.39 is 0 Å². The summed E-state index contributed by atoms with van der Waals surface area (Å²) in [5, 5.41) is 0.639. The summed E-state index contributed by atoms with van der Waals surface area (Å²) < 4.78 is 0. The van der Waals surface area contributed by atoms with Crippen molar-refractivity contribution >= 4 is 28.9 Å². The van der Waals surface area contributed by atoms with Crippen LogP contribution in [0.5, 0.6) is 0 Å². The first kappa shape index (κ1) is 20.3. The molecule has 0 bridgehead atoms. The summed E-state index contributed by atoms with van der Waals surface area (Å²) >= 11 is 6.71. The van der Waals surface area contributed by atoms with Gasteiger partial charge in [0.25, 0.3) is 5.91 Å². The van der Waals surface area contributed by atoms with Crippen LogP contribution in [0.25, 0.3) is 0 Å². The number of carbonyl (C=O) groups excluding carboxylic acids is 1. The van der Waals surface area contributed by atoms with E-state index in [0.29, 0.717) is 17.1 Å². The van der Waals surface area contributed by atoms with E-state index in [1.807, 2.05) is 103 Å². The number of nitrogens with zero attached hydrogens (tertiary/aromatic N) is 2. The second-order valence-electron chi connectivity index (χ2n) is 8.04. The molecule has 0 saturated carbocycles. The molecule has 0 aliphatic carbocycles. The van der Waals surface area contributed by atoms with E-state index >= 15 is 0 Å². The molecule has 5 rings (SSSR count). The summed E-state index contributed by atoms with van der Waals surface area (Å²) in [7, 11) is 0. The fourth-order valence-electron chi connectivity index (χ4n) is 4.32. The third kappa shape index (κ3) is 3.65. The maximum Gasteiger partial charge on any atom is 0.262 e. The maximum atomic E-state index is 13.9. The molecule has 32 heavy (non-hydrogen) atoms. The summed E-state index contributed by atoms with van der Waals surface area (Å²) in [6, 6.07) is 34.0. The first-order chi connectivity index (χ1) is 15.6. The predicted molar refractivity (Wildman–Crippen MR) is 131 cm³/mol. The van der Waals surface area contributed by atoms with Crippen molar-refractivity contribution in [2.45, 2.75) is 19.6 Å². The summed E-state index contributed by atoms with van der Waals surface area (Å²) in [6.07, 6.45) is -0.381. The fourth-order valence-corrected chi connectivity index (χ4v) is 4.56. The van der Waals surface area contributed by atoms with Crippen molar-refractivity contribution in [3.63, 3.8) is 0 Å². The standard InChI is InChI=1S/C28H23ClN2O/c1-20-15-17-22(18-16-20)31-27(23-11-5-7-13-25(23)29)30(19-21-9-3-2-4-10-21)26-14-8-6-12-24(26)28(31)32/h2-18,27H,19H2,1H3/t27-/m1/s1. The zero-order chi connectivity index (χ0) is 22.1. The Morgan fingerprint density at radius 3 is 2.19 bits per heavy atom. The Morgan fingerprint density at radius 2 is 1.44 bits per heavy atom. The van der Waals surface area contributed by atoms with Crippen LogP contribution in [-0.4, -0.2) is 5.91 Å². The average Bonchev–Trinajstić information content (AvgIpc) is 2.83. The second kappa shape index (κ2) is 8.52. The van der Waals surface area contributed by atoms with Crippen molar-refractivity contribution < 1.29 is 4.79 Å². The highest BCUT2D eigenvalue weighted by atomic mass is 35.5. The van der Waals surface area contributed by atoms with E-state index in [0.717, 1.165) is 28.1 Å². The number of anilines is 2. The van der Waals surface area contributed by atoms with Gasteiger partial charge in [-0.1, -0.05) is 90.0 Å². The minimum absolute atomic E-state index is 0.0290. The smallest absolute Gasteiger partial charge is 0.262 e. The average molecular weight is 439 g/mol. The van der Waals surface area contributed by atoms with Crippen LogP contribution in [0.1, 0.15) is 33.2 Å². The van der Waals surface area contributed by atoms with Crippen LogP contribution < -0.4 is 9.80 Å². The molecule has 0 saturated heterocycles. The predicted octanol–water partition coefficient (Wildman–Crippen LogP) is 7.01. The summed E-state index contributed by atoms with van der Waals surface area (Å²) in [6.45, 7) is 2.69. The lowest BCUT2D eigenvalue weighted by Crippen LogP contribution is -2.49. The largest absolute Gasteiger partial charge is 0.342 e. The molecule has 0 unspecified atom stereocenters. The number of rotatable bonds is 4.